The molecule has 0 aliphatic carbocycles. The van der Waals surface area contributed by atoms with E-state index in [2.05, 4.69) is 31.5 Å². The molecule has 1 atom stereocenters. The third-order valence-corrected chi connectivity index (χ3v) is 4.33. The Morgan fingerprint density at radius 1 is 1.40 bits per heavy atom. The monoisotopic (exact) mass is 353 g/mol. The number of carbonyl (C=O) groups is 1. The summed E-state index contributed by atoms with van der Waals surface area (Å²) < 4.78 is 0.987. The number of carbonyl (C=O) groups excluding carboxylic acids is 1. The Hall–Kier alpha value is -1.24. The van der Waals surface area contributed by atoms with Crippen molar-refractivity contribution in [2.75, 3.05) is 11.9 Å². The van der Waals surface area contributed by atoms with Crippen LogP contribution in [0, 0.1) is 6.92 Å². The molecular formula is C14H16BrN3OS. The Bertz CT molecular complexity index is 582. The number of benzene rings is 1. The maximum Gasteiger partial charge on any atom is 0.238 e. The van der Waals surface area contributed by atoms with E-state index in [0.29, 0.717) is 0 Å². The van der Waals surface area contributed by atoms with Crippen LogP contribution in [0.2, 0.25) is 0 Å². The molecule has 0 saturated heterocycles. The predicted octanol–water partition coefficient (Wildman–Crippen LogP) is 3.50. The molecule has 20 heavy (non-hydrogen) atoms. The van der Waals surface area contributed by atoms with Gasteiger partial charge in [-0.15, -0.1) is 11.3 Å². The first-order chi connectivity index (χ1) is 9.54. The molecule has 0 radical (unpaired) electrons. The van der Waals surface area contributed by atoms with Gasteiger partial charge in [-0.25, -0.2) is 4.98 Å². The molecule has 1 heterocycles. The zero-order chi connectivity index (χ0) is 14.5. The molecule has 0 bridgehead atoms. The lowest BCUT2D eigenvalue weighted by molar-refractivity contribution is -0.115. The average molecular weight is 354 g/mol. The molecule has 2 aromatic rings. The highest BCUT2D eigenvalue weighted by molar-refractivity contribution is 9.10. The lowest BCUT2D eigenvalue weighted by Crippen LogP contribution is -2.30. The first-order valence-electron chi connectivity index (χ1n) is 6.26. The van der Waals surface area contributed by atoms with Crippen molar-refractivity contribution in [2.45, 2.75) is 19.9 Å². The predicted molar refractivity (Wildman–Crippen MR) is 86.0 cm³/mol. The van der Waals surface area contributed by atoms with Crippen LogP contribution in [0.25, 0.3) is 0 Å². The summed E-state index contributed by atoms with van der Waals surface area (Å²) in [5, 5.41) is 7.01. The minimum Gasteiger partial charge on any atom is -0.325 e. The highest BCUT2D eigenvalue weighted by Gasteiger charge is 2.10. The van der Waals surface area contributed by atoms with E-state index in [9.17, 15) is 4.79 Å². The zero-order valence-electron chi connectivity index (χ0n) is 11.3. The second kappa shape index (κ2) is 6.97. The van der Waals surface area contributed by atoms with Gasteiger partial charge in [-0.2, -0.15) is 0 Å². The van der Waals surface area contributed by atoms with E-state index in [-0.39, 0.29) is 18.5 Å². The van der Waals surface area contributed by atoms with E-state index >= 15 is 0 Å². The average Bonchev–Trinajstić information content (AvgIpc) is 2.85. The lowest BCUT2D eigenvalue weighted by atomic mass is 10.3. The van der Waals surface area contributed by atoms with Crippen molar-refractivity contribution in [1.82, 2.24) is 10.3 Å². The summed E-state index contributed by atoms with van der Waals surface area (Å²) >= 11 is 5.00. The Morgan fingerprint density at radius 3 is 2.70 bits per heavy atom. The molecule has 0 fully saturated rings. The minimum absolute atomic E-state index is 0.0625. The first kappa shape index (κ1) is 15.2. The smallest absolute Gasteiger partial charge is 0.238 e. The van der Waals surface area contributed by atoms with Crippen molar-refractivity contribution in [1.29, 1.82) is 0 Å². The summed E-state index contributed by atoms with van der Waals surface area (Å²) in [7, 11) is 0. The normalized spacial score (nSPS) is 12.2. The van der Waals surface area contributed by atoms with Gasteiger partial charge in [0, 0.05) is 21.2 Å². The van der Waals surface area contributed by atoms with Gasteiger partial charge < -0.3 is 5.32 Å². The Balaban J connectivity index is 1.81. The second-order valence-electron chi connectivity index (χ2n) is 4.47. The summed E-state index contributed by atoms with van der Waals surface area (Å²) in [5.41, 5.74) is 0.790. The van der Waals surface area contributed by atoms with Gasteiger partial charge in [0.2, 0.25) is 5.91 Å². The van der Waals surface area contributed by atoms with Crippen LogP contribution in [0.4, 0.5) is 5.69 Å². The Morgan fingerprint density at radius 2 is 2.10 bits per heavy atom. The van der Waals surface area contributed by atoms with Crippen LogP contribution in [0.15, 0.2) is 34.9 Å². The summed E-state index contributed by atoms with van der Waals surface area (Å²) in [6.45, 7) is 4.29. The molecule has 1 aromatic heterocycles. The molecule has 1 unspecified atom stereocenters. The van der Waals surface area contributed by atoms with E-state index < -0.39 is 0 Å². The molecule has 1 amide bonds. The van der Waals surface area contributed by atoms with Crippen LogP contribution in [-0.4, -0.2) is 17.4 Å². The fraction of sp³-hybridized carbons (Fsp3) is 0.286. The maximum atomic E-state index is 11.8. The summed E-state index contributed by atoms with van der Waals surface area (Å²) in [6, 6.07) is 7.57. The van der Waals surface area contributed by atoms with Crippen molar-refractivity contribution >= 4 is 38.9 Å². The fourth-order valence-electron chi connectivity index (χ4n) is 1.64. The standard InChI is InChI=1S/C14H16BrN3OS/c1-9-7-17-14(20-9)10(2)16-8-13(19)18-12-5-3-11(15)4-6-12/h3-7,10,16H,8H2,1-2H3,(H,18,19). The highest BCUT2D eigenvalue weighted by Crippen LogP contribution is 2.18. The third-order valence-electron chi connectivity index (χ3n) is 2.71. The molecule has 2 rings (SSSR count). The fourth-order valence-corrected chi connectivity index (χ4v) is 2.71. The molecule has 2 N–H and O–H groups in total. The van der Waals surface area contributed by atoms with Crippen molar-refractivity contribution in [3.63, 3.8) is 0 Å². The van der Waals surface area contributed by atoms with Crippen molar-refractivity contribution in [2.24, 2.45) is 0 Å². The van der Waals surface area contributed by atoms with E-state index in [1.807, 2.05) is 44.3 Å². The van der Waals surface area contributed by atoms with Crippen LogP contribution < -0.4 is 10.6 Å². The largest absolute Gasteiger partial charge is 0.325 e. The third kappa shape index (κ3) is 4.40. The van der Waals surface area contributed by atoms with Gasteiger partial charge in [0.15, 0.2) is 0 Å². The molecule has 1 aromatic carbocycles. The Kier molecular flexibility index (Phi) is 5.28. The molecule has 4 nitrogen and oxygen atoms in total. The molecule has 0 spiro atoms. The van der Waals surface area contributed by atoms with Crippen LogP contribution in [0.3, 0.4) is 0 Å². The number of nitrogens with one attached hydrogen (secondary N) is 2. The van der Waals surface area contributed by atoms with Gasteiger partial charge in [-0.05, 0) is 38.1 Å². The van der Waals surface area contributed by atoms with Gasteiger partial charge in [0.05, 0.1) is 12.6 Å². The molecular weight excluding hydrogens is 338 g/mol. The molecule has 0 aliphatic heterocycles. The second-order valence-corrected chi connectivity index (χ2v) is 6.65. The Labute approximate surface area is 130 Å². The SMILES string of the molecule is Cc1cnc(C(C)NCC(=O)Nc2ccc(Br)cc2)s1. The maximum absolute atomic E-state index is 11.8. The van der Waals surface area contributed by atoms with E-state index in [1.165, 1.54) is 4.88 Å². The lowest BCUT2D eigenvalue weighted by Gasteiger charge is -2.11. The van der Waals surface area contributed by atoms with Gasteiger partial charge in [-0.1, -0.05) is 15.9 Å². The van der Waals surface area contributed by atoms with E-state index in [4.69, 9.17) is 0 Å². The molecule has 106 valence electrons. The number of anilines is 1. The van der Waals surface area contributed by atoms with Crippen LogP contribution >= 0.6 is 27.3 Å². The zero-order valence-corrected chi connectivity index (χ0v) is 13.7. The number of thiazole rings is 1. The van der Waals surface area contributed by atoms with Gasteiger partial charge in [0.25, 0.3) is 0 Å². The van der Waals surface area contributed by atoms with Gasteiger partial charge in [0.1, 0.15) is 5.01 Å². The summed E-state index contributed by atoms with van der Waals surface area (Å²) in [6.07, 6.45) is 1.85. The highest BCUT2D eigenvalue weighted by atomic mass is 79.9. The number of hydrogen-bond donors (Lipinski definition) is 2. The van der Waals surface area contributed by atoms with Gasteiger partial charge in [-0.3, -0.25) is 10.1 Å². The van der Waals surface area contributed by atoms with E-state index in [0.717, 1.165) is 15.2 Å². The van der Waals surface area contributed by atoms with Crippen LogP contribution in [0.1, 0.15) is 22.9 Å². The van der Waals surface area contributed by atoms with E-state index in [1.54, 1.807) is 11.3 Å². The summed E-state index contributed by atoms with van der Waals surface area (Å²) in [5.74, 6) is -0.0625. The first-order valence-corrected chi connectivity index (χ1v) is 7.86. The molecule has 0 aliphatic rings. The number of rotatable bonds is 5. The quantitative estimate of drug-likeness (QED) is 0.864. The van der Waals surface area contributed by atoms with Crippen molar-refractivity contribution in [3.8, 4) is 0 Å². The number of nitrogens with zero attached hydrogens (tertiary/aromatic N) is 1. The number of hydrogen-bond acceptors (Lipinski definition) is 4. The van der Waals surface area contributed by atoms with Gasteiger partial charge >= 0.3 is 0 Å². The topological polar surface area (TPSA) is 54.0 Å². The molecule has 0 saturated carbocycles. The summed E-state index contributed by atoms with van der Waals surface area (Å²) in [4.78, 5) is 17.3. The van der Waals surface area contributed by atoms with Crippen LogP contribution in [-0.2, 0) is 4.79 Å². The van der Waals surface area contributed by atoms with Crippen LogP contribution in [0.5, 0.6) is 0 Å². The minimum atomic E-state index is -0.0625. The number of aromatic nitrogens is 1. The molecule has 6 heteroatoms. The number of aryl methyl sites for hydroxylation is 1. The van der Waals surface area contributed by atoms with Crippen molar-refractivity contribution in [3.05, 3.63) is 44.8 Å². The number of amides is 1. The van der Waals surface area contributed by atoms with Crippen molar-refractivity contribution < 1.29 is 4.79 Å². The number of halogens is 1.